The quantitative estimate of drug-likeness (QED) is 0.741. The molecule has 2 aromatic rings. The van der Waals surface area contributed by atoms with Crippen LogP contribution in [0.1, 0.15) is 0 Å². The minimum Gasteiger partial charge on any atom is -0.543 e. The standard InChI is InChI=1S/C14H12O4/c15-13(16)14(17-11-7-3-1-4-8-11)18-12-9-5-2-6-10-12/h1-10,14H,(H,15,16)/p-1. The largest absolute Gasteiger partial charge is 0.543 e. The summed E-state index contributed by atoms with van der Waals surface area (Å²) in [6.07, 6.45) is -1.48. The number of carboxylic acid groups (broad SMARTS) is 1. The number of aliphatic carboxylic acids is 1. The van der Waals surface area contributed by atoms with Gasteiger partial charge in [0.2, 0.25) is 0 Å². The number of carboxylic acids is 1. The molecule has 0 amide bonds. The lowest BCUT2D eigenvalue weighted by Gasteiger charge is -2.20. The van der Waals surface area contributed by atoms with E-state index >= 15 is 0 Å². The van der Waals surface area contributed by atoms with Gasteiger partial charge in [0.1, 0.15) is 17.5 Å². The molecule has 0 aliphatic rings. The average Bonchev–Trinajstić information content (AvgIpc) is 2.40. The topological polar surface area (TPSA) is 58.6 Å². The first-order valence-corrected chi connectivity index (χ1v) is 5.40. The summed E-state index contributed by atoms with van der Waals surface area (Å²) in [7, 11) is 0. The van der Waals surface area contributed by atoms with Crippen LogP contribution in [0.25, 0.3) is 0 Å². The summed E-state index contributed by atoms with van der Waals surface area (Å²) in [4.78, 5) is 10.9. The molecule has 18 heavy (non-hydrogen) atoms. The van der Waals surface area contributed by atoms with Gasteiger partial charge in [-0.3, -0.25) is 0 Å². The Morgan fingerprint density at radius 2 is 1.22 bits per heavy atom. The molecular weight excluding hydrogens is 232 g/mol. The van der Waals surface area contributed by atoms with E-state index in [2.05, 4.69) is 0 Å². The van der Waals surface area contributed by atoms with Gasteiger partial charge in [-0.1, -0.05) is 36.4 Å². The first-order valence-electron chi connectivity index (χ1n) is 5.40. The number of ether oxygens (including phenoxy) is 2. The van der Waals surface area contributed by atoms with Gasteiger partial charge in [0, 0.05) is 0 Å². The predicted octanol–water partition coefficient (Wildman–Crippen LogP) is 1.22. The highest BCUT2D eigenvalue weighted by Gasteiger charge is 2.13. The molecule has 0 N–H and O–H groups in total. The van der Waals surface area contributed by atoms with Crippen LogP contribution in [-0.2, 0) is 4.79 Å². The van der Waals surface area contributed by atoms with Crippen molar-refractivity contribution in [3.05, 3.63) is 60.7 Å². The lowest BCUT2D eigenvalue weighted by Crippen LogP contribution is -2.43. The Kier molecular flexibility index (Phi) is 3.81. The van der Waals surface area contributed by atoms with E-state index < -0.39 is 12.3 Å². The molecule has 4 nitrogen and oxygen atoms in total. The smallest absolute Gasteiger partial charge is 0.281 e. The predicted molar refractivity (Wildman–Crippen MR) is 62.9 cm³/mol. The van der Waals surface area contributed by atoms with Crippen LogP contribution in [0, 0.1) is 0 Å². The van der Waals surface area contributed by atoms with Crippen molar-refractivity contribution in [3.63, 3.8) is 0 Å². The Morgan fingerprint density at radius 3 is 1.56 bits per heavy atom. The molecule has 0 heterocycles. The number of para-hydroxylation sites is 2. The molecule has 0 aliphatic heterocycles. The van der Waals surface area contributed by atoms with Crippen molar-refractivity contribution < 1.29 is 19.4 Å². The summed E-state index contributed by atoms with van der Waals surface area (Å²) in [5.41, 5.74) is 0. The second kappa shape index (κ2) is 5.72. The van der Waals surface area contributed by atoms with Crippen LogP contribution in [0.5, 0.6) is 11.5 Å². The van der Waals surface area contributed by atoms with E-state index in [4.69, 9.17) is 9.47 Å². The summed E-state index contributed by atoms with van der Waals surface area (Å²) in [5.74, 6) is -0.618. The van der Waals surface area contributed by atoms with E-state index in [-0.39, 0.29) is 0 Å². The number of hydrogen-bond acceptors (Lipinski definition) is 4. The van der Waals surface area contributed by atoms with E-state index in [0.717, 1.165) is 0 Å². The Morgan fingerprint density at radius 1 is 0.833 bits per heavy atom. The minimum absolute atomic E-state index is 0.405. The van der Waals surface area contributed by atoms with Crippen molar-refractivity contribution in [2.75, 3.05) is 0 Å². The van der Waals surface area contributed by atoms with Crippen molar-refractivity contribution in [1.82, 2.24) is 0 Å². The lowest BCUT2D eigenvalue weighted by atomic mass is 10.3. The third-order valence-corrected chi connectivity index (χ3v) is 2.17. The van der Waals surface area contributed by atoms with E-state index in [0.29, 0.717) is 11.5 Å². The summed E-state index contributed by atoms with van der Waals surface area (Å²) in [5, 5.41) is 10.9. The second-order valence-corrected chi connectivity index (χ2v) is 3.51. The maximum atomic E-state index is 10.9. The Hall–Kier alpha value is -2.49. The average molecular weight is 243 g/mol. The molecule has 2 aromatic carbocycles. The Labute approximate surface area is 104 Å². The normalized spacial score (nSPS) is 10.1. The second-order valence-electron chi connectivity index (χ2n) is 3.51. The molecule has 0 aliphatic carbocycles. The van der Waals surface area contributed by atoms with Crippen LogP contribution in [0.15, 0.2) is 60.7 Å². The number of benzene rings is 2. The SMILES string of the molecule is O=C([O-])C(Oc1ccccc1)Oc1ccccc1. The van der Waals surface area contributed by atoms with Crippen molar-refractivity contribution in [1.29, 1.82) is 0 Å². The summed E-state index contributed by atoms with van der Waals surface area (Å²) in [6.45, 7) is 0. The number of carbonyl (C=O) groups is 1. The van der Waals surface area contributed by atoms with Gasteiger partial charge in [0.15, 0.2) is 0 Å². The first kappa shape index (κ1) is 12.0. The summed E-state index contributed by atoms with van der Waals surface area (Å²) in [6, 6.07) is 17.1. The zero-order valence-electron chi connectivity index (χ0n) is 9.48. The van der Waals surface area contributed by atoms with Gasteiger partial charge in [-0.2, -0.15) is 0 Å². The van der Waals surface area contributed by atoms with E-state index in [1.54, 1.807) is 60.7 Å². The molecule has 0 aromatic heterocycles. The van der Waals surface area contributed by atoms with Crippen LogP contribution < -0.4 is 14.6 Å². The van der Waals surface area contributed by atoms with E-state index in [9.17, 15) is 9.90 Å². The molecule has 92 valence electrons. The number of hydrogen-bond donors (Lipinski definition) is 0. The van der Waals surface area contributed by atoms with Crippen LogP contribution in [0.3, 0.4) is 0 Å². The van der Waals surface area contributed by atoms with Gasteiger partial charge in [0.05, 0.1) is 0 Å². The van der Waals surface area contributed by atoms with Crippen LogP contribution in [0.2, 0.25) is 0 Å². The molecule has 0 atom stereocenters. The fraction of sp³-hybridized carbons (Fsp3) is 0.0714. The Balaban J connectivity index is 2.08. The molecule has 0 saturated carbocycles. The molecule has 0 unspecified atom stereocenters. The summed E-state index contributed by atoms with van der Waals surface area (Å²) < 4.78 is 10.4. The van der Waals surface area contributed by atoms with Gasteiger partial charge in [-0.25, -0.2) is 0 Å². The van der Waals surface area contributed by atoms with Crippen molar-refractivity contribution in [3.8, 4) is 11.5 Å². The zero-order valence-corrected chi connectivity index (χ0v) is 9.48. The molecular formula is C14H11O4-. The molecule has 0 fully saturated rings. The monoisotopic (exact) mass is 243 g/mol. The van der Waals surface area contributed by atoms with Gasteiger partial charge >= 0.3 is 0 Å². The highest BCUT2D eigenvalue weighted by atomic mass is 16.7. The molecule has 0 spiro atoms. The van der Waals surface area contributed by atoms with Crippen LogP contribution >= 0.6 is 0 Å². The fourth-order valence-electron chi connectivity index (χ4n) is 1.37. The van der Waals surface area contributed by atoms with Gasteiger partial charge < -0.3 is 19.4 Å². The van der Waals surface area contributed by atoms with Crippen molar-refractivity contribution in [2.24, 2.45) is 0 Å². The van der Waals surface area contributed by atoms with Crippen molar-refractivity contribution in [2.45, 2.75) is 6.29 Å². The van der Waals surface area contributed by atoms with Gasteiger partial charge in [0.25, 0.3) is 6.29 Å². The number of rotatable bonds is 5. The Bertz CT molecular complexity index is 454. The minimum atomic E-state index is -1.48. The fourth-order valence-corrected chi connectivity index (χ4v) is 1.37. The van der Waals surface area contributed by atoms with Crippen LogP contribution in [-0.4, -0.2) is 12.3 Å². The van der Waals surface area contributed by atoms with Gasteiger partial charge in [-0.05, 0) is 24.3 Å². The number of carbonyl (C=O) groups excluding carboxylic acids is 1. The first-order chi connectivity index (χ1) is 8.75. The van der Waals surface area contributed by atoms with Crippen LogP contribution in [0.4, 0.5) is 0 Å². The lowest BCUT2D eigenvalue weighted by molar-refractivity contribution is -0.323. The third-order valence-electron chi connectivity index (χ3n) is 2.17. The molecule has 4 heteroatoms. The highest BCUT2D eigenvalue weighted by Crippen LogP contribution is 2.15. The molecule has 0 saturated heterocycles. The molecule has 0 radical (unpaired) electrons. The van der Waals surface area contributed by atoms with Gasteiger partial charge in [-0.15, -0.1) is 0 Å². The zero-order chi connectivity index (χ0) is 12.8. The summed E-state index contributed by atoms with van der Waals surface area (Å²) >= 11 is 0. The van der Waals surface area contributed by atoms with Crippen molar-refractivity contribution >= 4 is 5.97 Å². The molecule has 0 bridgehead atoms. The maximum Gasteiger partial charge on any atom is 0.281 e. The van der Waals surface area contributed by atoms with E-state index in [1.165, 1.54) is 0 Å². The maximum absolute atomic E-state index is 10.9. The van der Waals surface area contributed by atoms with E-state index in [1.807, 2.05) is 0 Å². The molecule has 2 rings (SSSR count). The highest BCUT2D eigenvalue weighted by molar-refractivity contribution is 5.69. The third kappa shape index (κ3) is 3.25.